The third-order valence-electron chi connectivity index (χ3n) is 4.42. The molecule has 0 bridgehead atoms. The van der Waals surface area contributed by atoms with Gasteiger partial charge in [0.05, 0.1) is 5.92 Å². The Morgan fingerprint density at radius 1 is 1.28 bits per heavy atom. The molecule has 126 valence electrons. The first-order chi connectivity index (χ1) is 12.0. The molecule has 1 N–H and O–H groups in total. The Bertz CT molecular complexity index is 992. The summed E-state index contributed by atoms with van der Waals surface area (Å²) < 4.78 is 5.85. The molecule has 1 aliphatic heterocycles. The molecule has 1 saturated heterocycles. The highest BCUT2D eigenvalue weighted by atomic mass is 16.4. The molecule has 1 aromatic heterocycles. The average molecular weight is 336 g/mol. The first-order valence-corrected chi connectivity index (χ1v) is 8.02. The van der Waals surface area contributed by atoms with Crippen molar-refractivity contribution in [2.45, 2.75) is 13.3 Å². The number of carboxylic acid groups (broad SMARTS) is 1. The number of benzene rings is 2. The molecule has 0 spiro atoms. The SMILES string of the molecule is Cc1cccc(-c2nc3ccc(N4C[C@@H](C(=O)O)CC4=O)cc3o2)c1. The maximum atomic E-state index is 12.1. The molecule has 0 aliphatic carbocycles. The second-order valence-corrected chi connectivity index (χ2v) is 6.28. The molecule has 1 amide bonds. The number of oxazole rings is 1. The summed E-state index contributed by atoms with van der Waals surface area (Å²) in [4.78, 5) is 29.2. The lowest BCUT2D eigenvalue weighted by molar-refractivity contribution is -0.141. The Morgan fingerprint density at radius 3 is 2.84 bits per heavy atom. The number of amides is 1. The second kappa shape index (κ2) is 5.73. The van der Waals surface area contributed by atoms with E-state index in [1.54, 1.807) is 18.2 Å². The molecule has 2 aromatic carbocycles. The van der Waals surface area contributed by atoms with E-state index in [-0.39, 0.29) is 18.9 Å². The Kier molecular flexibility index (Phi) is 3.53. The van der Waals surface area contributed by atoms with Gasteiger partial charge in [0, 0.05) is 30.3 Å². The van der Waals surface area contributed by atoms with Crippen molar-refractivity contribution < 1.29 is 19.1 Å². The van der Waals surface area contributed by atoms with E-state index < -0.39 is 11.9 Å². The molecular weight excluding hydrogens is 320 g/mol. The number of nitrogens with zero attached hydrogens (tertiary/aromatic N) is 2. The van der Waals surface area contributed by atoms with E-state index in [1.165, 1.54) is 4.90 Å². The zero-order valence-corrected chi connectivity index (χ0v) is 13.6. The van der Waals surface area contributed by atoms with Crippen molar-refractivity contribution in [3.05, 3.63) is 48.0 Å². The van der Waals surface area contributed by atoms with Crippen LogP contribution in [0, 0.1) is 12.8 Å². The number of rotatable bonds is 3. The Morgan fingerprint density at radius 2 is 2.12 bits per heavy atom. The predicted octanol–water partition coefficient (Wildman–Crippen LogP) is 3.24. The van der Waals surface area contributed by atoms with Crippen LogP contribution in [0.25, 0.3) is 22.6 Å². The van der Waals surface area contributed by atoms with Gasteiger partial charge in [-0.1, -0.05) is 17.7 Å². The number of aromatic nitrogens is 1. The van der Waals surface area contributed by atoms with Gasteiger partial charge in [0.15, 0.2) is 5.58 Å². The van der Waals surface area contributed by atoms with Crippen LogP contribution in [0.3, 0.4) is 0 Å². The Balaban J connectivity index is 1.69. The highest BCUT2D eigenvalue weighted by molar-refractivity contribution is 6.00. The molecule has 0 radical (unpaired) electrons. The summed E-state index contributed by atoms with van der Waals surface area (Å²) in [5.74, 6) is -1.28. The number of hydrogen-bond donors (Lipinski definition) is 1. The first-order valence-electron chi connectivity index (χ1n) is 8.02. The van der Waals surface area contributed by atoms with Gasteiger partial charge in [-0.15, -0.1) is 0 Å². The molecule has 1 fully saturated rings. The van der Waals surface area contributed by atoms with Crippen LogP contribution in [0.5, 0.6) is 0 Å². The Labute approximate surface area is 143 Å². The van der Waals surface area contributed by atoms with E-state index in [1.807, 2.05) is 31.2 Å². The number of carbonyl (C=O) groups excluding carboxylic acids is 1. The molecule has 0 saturated carbocycles. The van der Waals surface area contributed by atoms with E-state index in [2.05, 4.69) is 4.98 Å². The van der Waals surface area contributed by atoms with E-state index in [0.717, 1.165) is 11.1 Å². The van der Waals surface area contributed by atoms with Crippen LogP contribution in [-0.2, 0) is 9.59 Å². The van der Waals surface area contributed by atoms with Crippen molar-refractivity contribution >= 4 is 28.7 Å². The van der Waals surface area contributed by atoms with Crippen LogP contribution >= 0.6 is 0 Å². The minimum absolute atomic E-state index is 0.0261. The van der Waals surface area contributed by atoms with E-state index in [0.29, 0.717) is 22.7 Å². The van der Waals surface area contributed by atoms with Crippen LogP contribution < -0.4 is 4.90 Å². The molecule has 1 aliphatic rings. The maximum Gasteiger partial charge on any atom is 0.308 e. The van der Waals surface area contributed by atoms with E-state index in [4.69, 9.17) is 9.52 Å². The van der Waals surface area contributed by atoms with Crippen LogP contribution in [0.4, 0.5) is 5.69 Å². The van der Waals surface area contributed by atoms with Gasteiger partial charge in [-0.25, -0.2) is 4.98 Å². The fourth-order valence-corrected chi connectivity index (χ4v) is 3.11. The molecule has 1 atom stereocenters. The molecule has 6 heteroatoms. The van der Waals surface area contributed by atoms with E-state index >= 15 is 0 Å². The molecule has 25 heavy (non-hydrogen) atoms. The lowest BCUT2D eigenvalue weighted by Crippen LogP contribution is -2.25. The average Bonchev–Trinajstić information content (AvgIpc) is 3.17. The monoisotopic (exact) mass is 336 g/mol. The molecular formula is C19H16N2O4. The van der Waals surface area contributed by atoms with Crippen molar-refractivity contribution in [3.8, 4) is 11.5 Å². The van der Waals surface area contributed by atoms with Crippen molar-refractivity contribution in [1.82, 2.24) is 4.98 Å². The zero-order chi connectivity index (χ0) is 17.6. The van der Waals surface area contributed by atoms with Crippen LogP contribution in [0.15, 0.2) is 46.9 Å². The summed E-state index contributed by atoms with van der Waals surface area (Å²) in [6.45, 7) is 2.18. The highest BCUT2D eigenvalue weighted by Crippen LogP contribution is 2.31. The van der Waals surface area contributed by atoms with Gasteiger partial charge in [0.2, 0.25) is 11.8 Å². The summed E-state index contributed by atoms with van der Waals surface area (Å²) >= 11 is 0. The van der Waals surface area contributed by atoms with E-state index in [9.17, 15) is 9.59 Å². The Hall–Kier alpha value is -3.15. The van der Waals surface area contributed by atoms with Gasteiger partial charge < -0.3 is 14.4 Å². The summed E-state index contributed by atoms with van der Waals surface area (Å²) in [5.41, 5.74) is 3.90. The van der Waals surface area contributed by atoms with Crippen molar-refractivity contribution in [3.63, 3.8) is 0 Å². The summed E-state index contributed by atoms with van der Waals surface area (Å²) in [6, 6.07) is 13.2. The fourth-order valence-electron chi connectivity index (χ4n) is 3.11. The summed E-state index contributed by atoms with van der Waals surface area (Å²) in [7, 11) is 0. The standard InChI is InChI=1S/C19H16N2O4/c1-11-3-2-4-12(7-11)18-20-15-6-5-14(9-16(15)25-18)21-10-13(19(23)24)8-17(21)22/h2-7,9,13H,8,10H2,1H3,(H,23,24)/t13-/m0/s1. The lowest BCUT2D eigenvalue weighted by Gasteiger charge is -2.15. The largest absolute Gasteiger partial charge is 0.481 e. The molecule has 3 aromatic rings. The third kappa shape index (κ3) is 2.76. The fraction of sp³-hybridized carbons (Fsp3) is 0.211. The van der Waals surface area contributed by atoms with Crippen molar-refractivity contribution in [2.24, 2.45) is 5.92 Å². The van der Waals surface area contributed by atoms with Crippen LogP contribution in [0.2, 0.25) is 0 Å². The van der Waals surface area contributed by atoms with Gasteiger partial charge in [0.1, 0.15) is 5.52 Å². The van der Waals surface area contributed by atoms with Gasteiger partial charge >= 0.3 is 5.97 Å². The molecule has 4 rings (SSSR count). The van der Waals surface area contributed by atoms with Crippen LogP contribution in [-0.4, -0.2) is 28.5 Å². The summed E-state index contributed by atoms with van der Waals surface area (Å²) in [5, 5.41) is 9.11. The minimum Gasteiger partial charge on any atom is -0.481 e. The number of aryl methyl sites for hydroxylation is 1. The quantitative estimate of drug-likeness (QED) is 0.794. The number of carboxylic acids is 1. The minimum atomic E-state index is -0.946. The molecule has 0 unspecified atom stereocenters. The van der Waals surface area contributed by atoms with Crippen LogP contribution in [0.1, 0.15) is 12.0 Å². The number of anilines is 1. The number of carbonyl (C=O) groups is 2. The second-order valence-electron chi connectivity index (χ2n) is 6.28. The third-order valence-corrected chi connectivity index (χ3v) is 4.42. The number of hydrogen-bond acceptors (Lipinski definition) is 4. The number of aliphatic carboxylic acids is 1. The van der Waals surface area contributed by atoms with Gasteiger partial charge in [-0.3, -0.25) is 9.59 Å². The summed E-state index contributed by atoms with van der Waals surface area (Å²) in [6.07, 6.45) is 0.0261. The zero-order valence-electron chi connectivity index (χ0n) is 13.6. The predicted molar refractivity (Wildman–Crippen MR) is 92.3 cm³/mol. The van der Waals surface area contributed by atoms with Gasteiger partial charge in [-0.2, -0.15) is 0 Å². The maximum absolute atomic E-state index is 12.1. The van der Waals surface area contributed by atoms with Gasteiger partial charge in [-0.05, 0) is 31.2 Å². The van der Waals surface area contributed by atoms with Crippen molar-refractivity contribution in [2.75, 3.05) is 11.4 Å². The number of fused-ring (bicyclic) bond motifs is 1. The normalized spacial score (nSPS) is 17.4. The topological polar surface area (TPSA) is 83.6 Å². The molecule has 2 heterocycles. The van der Waals surface area contributed by atoms with Gasteiger partial charge in [0.25, 0.3) is 0 Å². The molecule has 6 nitrogen and oxygen atoms in total. The smallest absolute Gasteiger partial charge is 0.308 e. The lowest BCUT2D eigenvalue weighted by atomic mass is 10.1. The first kappa shape index (κ1) is 15.4. The highest BCUT2D eigenvalue weighted by Gasteiger charge is 2.35. The van der Waals surface area contributed by atoms with Crippen molar-refractivity contribution in [1.29, 1.82) is 0 Å².